The van der Waals surface area contributed by atoms with Crippen LogP contribution in [0.1, 0.15) is 23.6 Å². The molecule has 0 unspecified atom stereocenters. The molecular formula is C22H26F3IN6O. The fraction of sp³-hybridized carbons (Fsp3) is 0.318. The highest BCUT2D eigenvalue weighted by atomic mass is 127. The van der Waals surface area contributed by atoms with E-state index in [2.05, 4.69) is 25.7 Å². The molecular weight excluding hydrogens is 548 g/mol. The van der Waals surface area contributed by atoms with Crippen LogP contribution in [0.2, 0.25) is 0 Å². The molecule has 3 rings (SSSR count). The molecule has 0 bridgehead atoms. The highest BCUT2D eigenvalue weighted by Crippen LogP contribution is 2.23. The Morgan fingerprint density at radius 1 is 1.12 bits per heavy atom. The lowest BCUT2D eigenvalue weighted by atomic mass is 10.1. The zero-order valence-electron chi connectivity index (χ0n) is 18.3. The monoisotopic (exact) mass is 574 g/mol. The Labute approximate surface area is 207 Å². The van der Waals surface area contributed by atoms with Gasteiger partial charge in [0.05, 0.1) is 12.2 Å². The van der Waals surface area contributed by atoms with E-state index in [0.717, 1.165) is 16.8 Å². The number of aromatic nitrogens is 3. The molecule has 0 aliphatic heterocycles. The fourth-order valence-corrected chi connectivity index (χ4v) is 2.89. The van der Waals surface area contributed by atoms with Gasteiger partial charge in [-0.3, -0.25) is 0 Å². The van der Waals surface area contributed by atoms with E-state index in [4.69, 9.17) is 4.74 Å². The summed E-state index contributed by atoms with van der Waals surface area (Å²) >= 11 is 0. The van der Waals surface area contributed by atoms with E-state index in [1.165, 1.54) is 6.33 Å². The summed E-state index contributed by atoms with van der Waals surface area (Å²) in [4.78, 5) is 8.49. The number of hydrogen-bond acceptors (Lipinski definition) is 4. The van der Waals surface area contributed by atoms with Crippen LogP contribution < -0.4 is 15.4 Å². The fourth-order valence-electron chi connectivity index (χ4n) is 2.89. The maximum atomic E-state index is 12.6. The average molecular weight is 574 g/mol. The van der Waals surface area contributed by atoms with Crippen molar-refractivity contribution in [2.75, 3.05) is 13.2 Å². The number of nitrogens with zero attached hydrogens (tertiary/aromatic N) is 4. The van der Waals surface area contributed by atoms with Crippen molar-refractivity contribution in [1.82, 2.24) is 25.4 Å². The zero-order chi connectivity index (χ0) is 23.0. The second-order valence-corrected chi connectivity index (χ2v) is 7.07. The molecule has 0 aliphatic rings. The minimum Gasteiger partial charge on any atom is -0.484 e. The van der Waals surface area contributed by atoms with Crippen LogP contribution in [-0.2, 0) is 13.1 Å². The van der Waals surface area contributed by atoms with E-state index >= 15 is 0 Å². The van der Waals surface area contributed by atoms with Crippen LogP contribution in [0, 0.1) is 6.92 Å². The number of aryl methyl sites for hydroxylation is 1. The third-order valence-corrected chi connectivity index (χ3v) is 4.44. The summed E-state index contributed by atoms with van der Waals surface area (Å²) < 4.78 is 44.4. The lowest BCUT2D eigenvalue weighted by molar-refractivity contribution is -0.153. The van der Waals surface area contributed by atoms with Crippen LogP contribution in [0.3, 0.4) is 0 Å². The summed E-state index contributed by atoms with van der Waals surface area (Å²) in [6.07, 6.45) is -1.30. The minimum absolute atomic E-state index is 0. The van der Waals surface area contributed by atoms with Crippen LogP contribution in [0.15, 0.2) is 60.1 Å². The highest BCUT2D eigenvalue weighted by molar-refractivity contribution is 14.0. The normalized spacial score (nSPS) is 11.6. The van der Waals surface area contributed by atoms with E-state index in [-0.39, 0.29) is 36.3 Å². The molecule has 0 saturated heterocycles. The molecule has 2 N–H and O–H groups in total. The molecule has 3 aromatic rings. The van der Waals surface area contributed by atoms with Gasteiger partial charge >= 0.3 is 6.18 Å². The Balaban J connectivity index is 0.00000385. The van der Waals surface area contributed by atoms with Crippen LogP contribution in [0.5, 0.6) is 5.75 Å². The van der Waals surface area contributed by atoms with Gasteiger partial charge in [-0.05, 0) is 43.2 Å². The molecule has 0 atom stereocenters. The van der Waals surface area contributed by atoms with E-state index in [0.29, 0.717) is 24.6 Å². The van der Waals surface area contributed by atoms with Crippen molar-refractivity contribution in [3.05, 3.63) is 71.8 Å². The third-order valence-electron chi connectivity index (χ3n) is 4.44. The Bertz CT molecular complexity index is 1020. The first-order valence-corrected chi connectivity index (χ1v) is 10.1. The minimum atomic E-state index is -4.39. The summed E-state index contributed by atoms with van der Waals surface area (Å²) in [6.45, 7) is 3.75. The average Bonchev–Trinajstić information content (AvgIpc) is 3.30. The molecule has 178 valence electrons. The maximum absolute atomic E-state index is 12.6. The second kappa shape index (κ2) is 12.4. The van der Waals surface area contributed by atoms with E-state index in [1.54, 1.807) is 30.1 Å². The van der Waals surface area contributed by atoms with Crippen molar-refractivity contribution in [3.8, 4) is 11.4 Å². The number of aliphatic imine (C=N–C) groups is 1. The summed E-state index contributed by atoms with van der Waals surface area (Å²) in [5.74, 6) is 0.754. The van der Waals surface area contributed by atoms with Gasteiger partial charge in [-0.25, -0.2) is 14.7 Å². The van der Waals surface area contributed by atoms with E-state index < -0.39 is 12.8 Å². The molecule has 0 aliphatic carbocycles. The van der Waals surface area contributed by atoms with Crippen LogP contribution in [0.4, 0.5) is 13.2 Å². The van der Waals surface area contributed by atoms with Crippen molar-refractivity contribution in [2.45, 2.75) is 33.1 Å². The zero-order valence-corrected chi connectivity index (χ0v) is 20.6. The highest BCUT2D eigenvalue weighted by Gasteiger charge is 2.28. The molecule has 2 aromatic carbocycles. The Hall–Kier alpha value is -2.83. The van der Waals surface area contributed by atoms with Crippen molar-refractivity contribution in [1.29, 1.82) is 0 Å². The van der Waals surface area contributed by atoms with Crippen molar-refractivity contribution < 1.29 is 17.9 Å². The maximum Gasteiger partial charge on any atom is 0.422 e. The number of ether oxygens (including phenoxy) is 1. The van der Waals surface area contributed by atoms with Gasteiger partial charge < -0.3 is 15.4 Å². The summed E-state index contributed by atoms with van der Waals surface area (Å²) in [5.41, 5.74) is 3.32. The van der Waals surface area contributed by atoms with Gasteiger partial charge in [0.1, 0.15) is 18.4 Å². The quantitative estimate of drug-likeness (QED) is 0.237. The third kappa shape index (κ3) is 8.56. The number of hydrogen-bond donors (Lipinski definition) is 2. The Morgan fingerprint density at radius 3 is 2.52 bits per heavy atom. The predicted molar refractivity (Wildman–Crippen MR) is 131 cm³/mol. The number of benzene rings is 2. The molecule has 0 spiro atoms. The predicted octanol–water partition coefficient (Wildman–Crippen LogP) is 4.39. The molecule has 1 heterocycles. The molecule has 0 amide bonds. The van der Waals surface area contributed by atoms with Crippen LogP contribution >= 0.6 is 24.0 Å². The van der Waals surface area contributed by atoms with Crippen LogP contribution in [0.25, 0.3) is 5.69 Å². The molecule has 0 fully saturated rings. The molecule has 11 heteroatoms. The molecule has 0 radical (unpaired) electrons. The lowest BCUT2D eigenvalue weighted by Gasteiger charge is -2.16. The molecule has 0 saturated carbocycles. The Morgan fingerprint density at radius 2 is 1.88 bits per heavy atom. The van der Waals surface area contributed by atoms with Crippen molar-refractivity contribution >= 4 is 29.9 Å². The SMILES string of the molecule is CCNC(=NCc1ccc(-n2cncn2)cc1)NCc1ccc(C)cc1OCC(F)(F)F.I. The Kier molecular flexibility index (Phi) is 9.95. The number of halogens is 4. The van der Waals surface area contributed by atoms with Gasteiger partial charge in [0.15, 0.2) is 12.6 Å². The number of guanidine groups is 1. The van der Waals surface area contributed by atoms with Gasteiger partial charge in [0.2, 0.25) is 0 Å². The van der Waals surface area contributed by atoms with Gasteiger partial charge in [-0.1, -0.05) is 24.3 Å². The summed E-state index contributed by atoms with van der Waals surface area (Å²) in [5, 5.41) is 10.4. The molecule has 33 heavy (non-hydrogen) atoms. The topological polar surface area (TPSA) is 76.4 Å². The van der Waals surface area contributed by atoms with Gasteiger partial charge in [-0.15, -0.1) is 24.0 Å². The van der Waals surface area contributed by atoms with Crippen LogP contribution in [-0.4, -0.2) is 40.1 Å². The van der Waals surface area contributed by atoms with Gasteiger partial charge in [0, 0.05) is 18.7 Å². The first-order valence-electron chi connectivity index (χ1n) is 10.1. The first-order chi connectivity index (χ1) is 15.3. The standard InChI is InChI=1S/C22H25F3N6O.HI/c1-3-27-21(28-11-17-5-8-19(9-6-17)31-15-26-14-30-31)29-12-18-7-4-16(2)10-20(18)32-13-22(23,24)25;/h4-10,14-15H,3,11-13H2,1-2H3,(H2,27,28,29);1H. The van der Waals surface area contributed by atoms with E-state index in [1.807, 2.05) is 37.3 Å². The van der Waals surface area contributed by atoms with Crippen molar-refractivity contribution in [3.63, 3.8) is 0 Å². The van der Waals surface area contributed by atoms with Gasteiger partial charge in [0.25, 0.3) is 0 Å². The summed E-state index contributed by atoms with van der Waals surface area (Å²) in [7, 11) is 0. The first kappa shape index (κ1) is 26.4. The summed E-state index contributed by atoms with van der Waals surface area (Å²) in [6, 6.07) is 12.9. The number of nitrogens with one attached hydrogen (secondary N) is 2. The molecule has 1 aromatic heterocycles. The number of alkyl halides is 3. The largest absolute Gasteiger partial charge is 0.484 e. The molecule has 7 nitrogen and oxygen atoms in total. The van der Waals surface area contributed by atoms with E-state index in [9.17, 15) is 13.2 Å². The second-order valence-electron chi connectivity index (χ2n) is 7.07. The lowest BCUT2D eigenvalue weighted by Crippen LogP contribution is -2.37. The van der Waals surface area contributed by atoms with Crippen molar-refractivity contribution in [2.24, 2.45) is 4.99 Å². The van der Waals surface area contributed by atoms with Gasteiger partial charge in [-0.2, -0.15) is 18.3 Å². The number of rotatable bonds is 8. The smallest absolute Gasteiger partial charge is 0.422 e.